The van der Waals surface area contributed by atoms with E-state index in [-0.39, 0.29) is 23.4 Å². The number of amides is 2. The summed E-state index contributed by atoms with van der Waals surface area (Å²) in [6, 6.07) is 28.9. The number of carbonyl (C=O) groups excluding carboxylic acids is 2. The molecular weight excluding hydrogens is 607 g/mol. The van der Waals surface area contributed by atoms with E-state index in [9.17, 15) is 18.0 Å². The Balaban J connectivity index is 1.58. The van der Waals surface area contributed by atoms with Crippen LogP contribution in [-0.2, 0) is 32.6 Å². The molecule has 1 aliphatic carbocycles. The number of anilines is 1. The maximum Gasteiger partial charge on any atom is 0.264 e. The van der Waals surface area contributed by atoms with Crippen LogP contribution in [0, 0.1) is 27.7 Å². The lowest BCUT2D eigenvalue weighted by Gasteiger charge is -2.34. The molecule has 1 atom stereocenters. The highest BCUT2D eigenvalue weighted by Gasteiger charge is 2.36. The quantitative estimate of drug-likeness (QED) is 0.182. The molecule has 0 spiro atoms. The number of hydrogen-bond donors (Lipinski definition) is 1. The van der Waals surface area contributed by atoms with E-state index in [1.54, 1.807) is 35.2 Å². The molecule has 0 aromatic heterocycles. The predicted octanol–water partition coefficient (Wildman–Crippen LogP) is 6.81. The van der Waals surface area contributed by atoms with Crippen molar-refractivity contribution in [3.63, 3.8) is 0 Å². The smallest absolute Gasteiger partial charge is 0.264 e. The normalized spacial score (nSPS) is 14.0. The van der Waals surface area contributed by atoms with Gasteiger partial charge in [0.25, 0.3) is 10.0 Å². The SMILES string of the molecule is Cc1ccc(CN(C(=O)CN(c2ccc(C)cc2C)S(=O)(=O)c2ccc(C)cc2)[C@@H](Cc2ccccc2)C(=O)NC2CCCC2)cc1. The van der Waals surface area contributed by atoms with E-state index in [2.05, 4.69) is 5.32 Å². The van der Waals surface area contributed by atoms with Crippen molar-refractivity contribution in [1.29, 1.82) is 0 Å². The maximum atomic E-state index is 14.7. The largest absolute Gasteiger partial charge is 0.352 e. The molecule has 1 saturated carbocycles. The number of carbonyl (C=O) groups is 2. The Labute approximate surface area is 279 Å². The lowest BCUT2D eigenvalue weighted by Crippen LogP contribution is -2.54. The van der Waals surface area contributed by atoms with Crippen LogP contribution in [0.5, 0.6) is 0 Å². The van der Waals surface area contributed by atoms with Crippen LogP contribution in [0.1, 0.15) is 59.1 Å². The number of nitrogens with zero attached hydrogens (tertiary/aromatic N) is 2. The molecule has 0 radical (unpaired) electrons. The lowest BCUT2D eigenvalue weighted by atomic mass is 10.0. The molecule has 8 heteroatoms. The van der Waals surface area contributed by atoms with E-state index in [4.69, 9.17) is 0 Å². The third-order valence-corrected chi connectivity index (χ3v) is 10.7. The van der Waals surface area contributed by atoms with Crippen molar-refractivity contribution in [2.75, 3.05) is 10.8 Å². The molecule has 246 valence electrons. The van der Waals surface area contributed by atoms with Crippen LogP contribution in [-0.4, -0.2) is 43.8 Å². The fourth-order valence-electron chi connectivity index (χ4n) is 6.25. The Morgan fingerprint density at radius 1 is 0.766 bits per heavy atom. The van der Waals surface area contributed by atoms with Crippen molar-refractivity contribution in [3.8, 4) is 0 Å². The Morgan fingerprint density at radius 2 is 1.36 bits per heavy atom. The Kier molecular flexibility index (Phi) is 10.8. The summed E-state index contributed by atoms with van der Waals surface area (Å²) in [4.78, 5) is 30.5. The Morgan fingerprint density at radius 3 is 1.98 bits per heavy atom. The van der Waals surface area contributed by atoms with Crippen molar-refractivity contribution in [1.82, 2.24) is 10.2 Å². The molecule has 1 fully saturated rings. The molecule has 1 N–H and O–H groups in total. The van der Waals surface area contributed by atoms with Crippen molar-refractivity contribution in [2.24, 2.45) is 0 Å². The van der Waals surface area contributed by atoms with E-state index in [0.717, 1.165) is 59.1 Å². The second-order valence-electron chi connectivity index (χ2n) is 12.8. The fourth-order valence-corrected chi connectivity index (χ4v) is 7.73. The number of nitrogens with one attached hydrogen (secondary N) is 1. The first-order valence-corrected chi connectivity index (χ1v) is 17.8. The minimum absolute atomic E-state index is 0.0609. The highest BCUT2D eigenvalue weighted by atomic mass is 32.2. The zero-order valence-electron chi connectivity index (χ0n) is 27.8. The minimum Gasteiger partial charge on any atom is -0.352 e. The van der Waals surface area contributed by atoms with Crippen molar-refractivity contribution in [2.45, 2.75) is 83.3 Å². The van der Waals surface area contributed by atoms with Gasteiger partial charge in [-0.3, -0.25) is 13.9 Å². The highest BCUT2D eigenvalue weighted by molar-refractivity contribution is 7.92. The molecule has 7 nitrogen and oxygen atoms in total. The second-order valence-corrected chi connectivity index (χ2v) is 14.7. The van der Waals surface area contributed by atoms with Crippen LogP contribution in [0.25, 0.3) is 0 Å². The predicted molar refractivity (Wildman–Crippen MR) is 188 cm³/mol. The average Bonchev–Trinajstić information content (AvgIpc) is 3.56. The van der Waals surface area contributed by atoms with Crippen LogP contribution >= 0.6 is 0 Å². The van der Waals surface area contributed by atoms with Gasteiger partial charge in [0.2, 0.25) is 11.8 Å². The van der Waals surface area contributed by atoms with Crippen molar-refractivity contribution >= 4 is 27.5 Å². The van der Waals surface area contributed by atoms with Gasteiger partial charge >= 0.3 is 0 Å². The van der Waals surface area contributed by atoms with E-state index < -0.39 is 28.5 Å². The van der Waals surface area contributed by atoms with Gasteiger partial charge in [-0.1, -0.05) is 108 Å². The maximum absolute atomic E-state index is 14.7. The molecule has 1 aliphatic rings. The number of hydrogen-bond acceptors (Lipinski definition) is 4. The zero-order valence-corrected chi connectivity index (χ0v) is 28.6. The third kappa shape index (κ3) is 8.49. The highest BCUT2D eigenvalue weighted by Crippen LogP contribution is 2.29. The van der Waals surface area contributed by atoms with E-state index in [1.807, 2.05) is 94.4 Å². The third-order valence-electron chi connectivity index (χ3n) is 8.96. The van der Waals surface area contributed by atoms with Crippen LogP contribution in [0.4, 0.5) is 5.69 Å². The lowest BCUT2D eigenvalue weighted by molar-refractivity contribution is -0.140. The summed E-state index contributed by atoms with van der Waals surface area (Å²) < 4.78 is 29.9. The molecule has 0 heterocycles. The standard InChI is InChI=1S/C39H45N3O4S/c1-28-14-19-33(20-15-28)26-41(37(25-32-10-6-5-7-11-32)39(44)40-34-12-8-9-13-34)38(43)27-42(36-23-18-30(3)24-31(36)4)47(45,46)35-21-16-29(2)17-22-35/h5-7,10-11,14-24,34,37H,8-9,12-13,25-27H2,1-4H3,(H,40,44)/t37-/m0/s1. The van der Waals surface area contributed by atoms with E-state index in [0.29, 0.717) is 12.1 Å². The molecule has 4 aromatic carbocycles. The summed E-state index contributed by atoms with van der Waals surface area (Å²) in [5, 5.41) is 3.23. The molecule has 0 aliphatic heterocycles. The Bertz CT molecular complexity index is 1780. The first-order valence-electron chi connectivity index (χ1n) is 16.4. The summed E-state index contributed by atoms with van der Waals surface area (Å²) in [5.74, 6) is -0.676. The van der Waals surface area contributed by atoms with Crippen molar-refractivity contribution < 1.29 is 18.0 Å². The van der Waals surface area contributed by atoms with Gasteiger partial charge in [0.15, 0.2) is 0 Å². The monoisotopic (exact) mass is 651 g/mol. The van der Waals surface area contributed by atoms with E-state index in [1.165, 1.54) is 4.31 Å². The summed E-state index contributed by atoms with van der Waals surface area (Å²) in [5.41, 5.74) is 5.93. The topological polar surface area (TPSA) is 86.8 Å². The van der Waals surface area contributed by atoms with E-state index >= 15 is 0 Å². The minimum atomic E-state index is -4.15. The van der Waals surface area contributed by atoms with Crippen LogP contribution < -0.4 is 9.62 Å². The molecule has 0 bridgehead atoms. The number of aryl methyl sites for hydroxylation is 4. The molecule has 5 rings (SSSR count). The zero-order chi connectivity index (χ0) is 33.6. The average molecular weight is 652 g/mol. The van der Waals surface area contributed by atoms with Gasteiger partial charge in [0.1, 0.15) is 12.6 Å². The van der Waals surface area contributed by atoms with Gasteiger partial charge in [0, 0.05) is 19.0 Å². The second kappa shape index (κ2) is 15.0. The fraction of sp³-hybridized carbons (Fsp3) is 0.333. The molecule has 4 aromatic rings. The van der Waals surface area contributed by atoms with Gasteiger partial charge in [-0.15, -0.1) is 0 Å². The van der Waals surface area contributed by atoms with Crippen LogP contribution in [0.2, 0.25) is 0 Å². The first-order chi connectivity index (χ1) is 22.5. The molecule has 0 unspecified atom stereocenters. The molecule has 0 saturated heterocycles. The molecule has 47 heavy (non-hydrogen) atoms. The van der Waals surface area contributed by atoms with Crippen molar-refractivity contribution in [3.05, 3.63) is 130 Å². The van der Waals surface area contributed by atoms with Crippen LogP contribution in [0.15, 0.2) is 102 Å². The summed E-state index contributed by atoms with van der Waals surface area (Å²) >= 11 is 0. The van der Waals surface area contributed by atoms with Gasteiger partial charge < -0.3 is 10.2 Å². The summed E-state index contributed by atoms with van der Waals surface area (Å²) in [6.45, 7) is 7.38. The summed E-state index contributed by atoms with van der Waals surface area (Å²) in [7, 11) is -4.15. The van der Waals surface area contributed by atoms with Gasteiger partial charge in [0.05, 0.1) is 10.6 Å². The van der Waals surface area contributed by atoms with Gasteiger partial charge in [-0.25, -0.2) is 8.42 Å². The van der Waals surface area contributed by atoms with Gasteiger partial charge in [-0.2, -0.15) is 0 Å². The summed E-state index contributed by atoms with van der Waals surface area (Å²) in [6.07, 6.45) is 4.23. The number of rotatable bonds is 12. The Hall–Kier alpha value is -4.43. The first kappa shape index (κ1) is 33.9. The van der Waals surface area contributed by atoms with Crippen LogP contribution in [0.3, 0.4) is 0 Å². The molecule has 2 amide bonds. The number of sulfonamides is 1. The molecular formula is C39H45N3O4S. The van der Waals surface area contributed by atoms with Gasteiger partial charge in [-0.05, 0) is 75.4 Å². The number of benzene rings is 4.